The van der Waals surface area contributed by atoms with Gasteiger partial charge < -0.3 is 14.4 Å². The fraction of sp³-hybridized carbons (Fsp3) is 0.385. The fourth-order valence-electron chi connectivity index (χ4n) is 3.80. The zero-order valence-electron chi connectivity index (χ0n) is 19.0. The van der Waals surface area contributed by atoms with Gasteiger partial charge in [0.1, 0.15) is 11.5 Å². The number of nitrogens with zero attached hydrogens (tertiary/aromatic N) is 2. The zero-order chi connectivity index (χ0) is 22.5. The Bertz CT molecular complexity index is 1060. The van der Waals surface area contributed by atoms with Gasteiger partial charge in [0, 0.05) is 17.5 Å². The fourth-order valence-corrected chi connectivity index (χ4v) is 4.71. The summed E-state index contributed by atoms with van der Waals surface area (Å²) in [5, 5.41) is 3.23. The van der Waals surface area contributed by atoms with Gasteiger partial charge in [0.15, 0.2) is 6.10 Å². The van der Waals surface area contributed by atoms with E-state index < -0.39 is 6.10 Å². The molecule has 1 aromatic heterocycles. The van der Waals surface area contributed by atoms with Crippen molar-refractivity contribution in [2.45, 2.75) is 52.6 Å². The molecule has 2 aromatic carbocycles. The number of aryl methyl sites for hydroxylation is 2. The number of carbonyl (C=O) groups excluding carboxylic acids is 1. The lowest BCUT2D eigenvalue weighted by atomic mass is 10.1. The van der Waals surface area contributed by atoms with Crippen molar-refractivity contribution in [3.63, 3.8) is 0 Å². The maximum Gasteiger partial charge on any atom is 0.267 e. The topological polar surface area (TPSA) is 51.7 Å². The molecule has 4 rings (SSSR count). The van der Waals surface area contributed by atoms with Crippen LogP contribution >= 0.6 is 11.3 Å². The van der Waals surface area contributed by atoms with E-state index in [1.807, 2.05) is 35.2 Å². The van der Waals surface area contributed by atoms with Crippen LogP contribution in [-0.2, 0) is 17.6 Å². The molecular weight excluding hydrogens is 420 g/mol. The van der Waals surface area contributed by atoms with Crippen molar-refractivity contribution in [2.24, 2.45) is 0 Å². The van der Waals surface area contributed by atoms with E-state index in [4.69, 9.17) is 14.5 Å². The average Bonchev–Trinajstić information content (AvgIpc) is 3.28. The molecule has 3 aromatic rings. The Kier molecular flexibility index (Phi) is 7.10. The van der Waals surface area contributed by atoms with Gasteiger partial charge >= 0.3 is 0 Å². The summed E-state index contributed by atoms with van der Waals surface area (Å²) >= 11 is 1.69. The molecule has 0 saturated heterocycles. The highest BCUT2D eigenvalue weighted by atomic mass is 32.1. The van der Waals surface area contributed by atoms with Crippen LogP contribution in [0.3, 0.4) is 0 Å². The van der Waals surface area contributed by atoms with Gasteiger partial charge in [-0.2, -0.15) is 0 Å². The Hall–Kier alpha value is -2.86. The van der Waals surface area contributed by atoms with Gasteiger partial charge in [0.2, 0.25) is 0 Å². The number of fused-ring (bicyclic) bond motifs is 1. The molecule has 0 saturated carbocycles. The van der Waals surface area contributed by atoms with Crippen LogP contribution in [0.1, 0.15) is 44.2 Å². The van der Waals surface area contributed by atoms with Gasteiger partial charge in [0.25, 0.3) is 5.91 Å². The summed E-state index contributed by atoms with van der Waals surface area (Å²) in [4.78, 5) is 19.5. The number of hydrogen-bond acceptors (Lipinski definition) is 5. The van der Waals surface area contributed by atoms with E-state index in [0.29, 0.717) is 13.2 Å². The predicted molar refractivity (Wildman–Crippen MR) is 130 cm³/mol. The summed E-state index contributed by atoms with van der Waals surface area (Å²) in [6.45, 7) is 7.22. The second-order valence-corrected chi connectivity index (χ2v) is 8.95. The number of rotatable bonds is 9. The Morgan fingerprint density at radius 2 is 1.97 bits per heavy atom. The molecule has 0 spiro atoms. The van der Waals surface area contributed by atoms with Crippen LogP contribution in [0.4, 0.5) is 5.69 Å². The van der Waals surface area contributed by atoms with Crippen molar-refractivity contribution >= 4 is 22.9 Å². The highest BCUT2D eigenvalue weighted by Gasteiger charge is 2.31. The lowest BCUT2D eigenvalue weighted by Gasteiger charge is -2.33. The van der Waals surface area contributed by atoms with Gasteiger partial charge in [0.05, 0.1) is 23.0 Å². The van der Waals surface area contributed by atoms with E-state index in [1.54, 1.807) is 18.3 Å². The molecule has 1 atom stereocenters. The Labute approximate surface area is 194 Å². The summed E-state index contributed by atoms with van der Waals surface area (Å²) in [6.07, 6.45) is 3.32. The lowest BCUT2D eigenvalue weighted by Crippen LogP contribution is -2.45. The van der Waals surface area contributed by atoms with Crippen LogP contribution in [0, 0.1) is 0 Å². The van der Waals surface area contributed by atoms with E-state index in [0.717, 1.165) is 59.1 Å². The predicted octanol–water partition coefficient (Wildman–Crippen LogP) is 5.91. The Morgan fingerprint density at radius 3 is 2.72 bits per heavy atom. The molecule has 0 fully saturated rings. The summed E-state index contributed by atoms with van der Waals surface area (Å²) < 4.78 is 11.8. The van der Waals surface area contributed by atoms with Crippen LogP contribution in [0.25, 0.3) is 11.3 Å². The molecule has 168 valence electrons. The third-order valence-corrected chi connectivity index (χ3v) is 6.51. The first-order chi connectivity index (χ1) is 15.6. The van der Waals surface area contributed by atoms with E-state index in [2.05, 4.69) is 31.4 Å². The molecule has 2 heterocycles. The Morgan fingerprint density at radius 1 is 1.16 bits per heavy atom. The Balaban J connectivity index is 1.46. The van der Waals surface area contributed by atoms with Gasteiger partial charge in [-0.3, -0.25) is 4.79 Å². The molecule has 1 amide bonds. The lowest BCUT2D eigenvalue weighted by molar-refractivity contribution is -0.125. The second kappa shape index (κ2) is 10.2. The summed E-state index contributed by atoms with van der Waals surface area (Å²) in [6, 6.07) is 14.2. The SMILES string of the molecule is CCCc1nc(-c2ccc3c(c2)N(CCCOc2ccc(CC)cc2)C(=O)C(C)O3)cs1. The molecule has 5 nitrogen and oxygen atoms in total. The standard InChI is InChI=1S/C26H30N2O3S/c1-4-7-25-27-22(17-32-25)20-10-13-24-23(16-20)28(26(29)18(3)31-24)14-6-15-30-21-11-8-19(5-2)9-12-21/h8-13,16-18H,4-7,14-15H2,1-3H3. The van der Waals surface area contributed by atoms with E-state index >= 15 is 0 Å². The van der Waals surface area contributed by atoms with E-state index in [9.17, 15) is 4.79 Å². The first kappa shape index (κ1) is 22.3. The van der Waals surface area contributed by atoms with Crippen molar-refractivity contribution in [3.8, 4) is 22.8 Å². The number of anilines is 1. The number of amides is 1. The van der Waals surface area contributed by atoms with Crippen molar-refractivity contribution in [3.05, 3.63) is 58.4 Å². The van der Waals surface area contributed by atoms with Crippen molar-refractivity contribution in [2.75, 3.05) is 18.1 Å². The quantitative estimate of drug-likeness (QED) is 0.380. The highest BCUT2D eigenvalue weighted by molar-refractivity contribution is 7.09. The third kappa shape index (κ3) is 4.96. The molecule has 6 heteroatoms. The monoisotopic (exact) mass is 450 g/mol. The van der Waals surface area contributed by atoms with E-state index in [-0.39, 0.29) is 5.91 Å². The first-order valence-electron chi connectivity index (χ1n) is 11.4. The number of carbonyl (C=O) groups is 1. The number of benzene rings is 2. The molecule has 1 unspecified atom stereocenters. The minimum absolute atomic E-state index is 0.0214. The highest BCUT2D eigenvalue weighted by Crippen LogP contribution is 2.38. The normalized spacial score (nSPS) is 15.4. The summed E-state index contributed by atoms with van der Waals surface area (Å²) in [7, 11) is 0. The number of aromatic nitrogens is 1. The minimum atomic E-state index is -0.494. The van der Waals surface area contributed by atoms with Gasteiger partial charge in [-0.05, 0) is 68.5 Å². The van der Waals surface area contributed by atoms with Gasteiger partial charge in [-0.15, -0.1) is 11.3 Å². The molecule has 0 radical (unpaired) electrons. The molecule has 1 aliphatic rings. The molecule has 32 heavy (non-hydrogen) atoms. The number of ether oxygens (including phenoxy) is 2. The van der Waals surface area contributed by atoms with Crippen molar-refractivity contribution in [1.29, 1.82) is 0 Å². The van der Waals surface area contributed by atoms with Crippen LogP contribution in [0.2, 0.25) is 0 Å². The maximum atomic E-state index is 12.9. The third-order valence-electron chi connectivity index (χ3n) is 5.61. The first-order valence-corrected chi connectivity index (χ1v) is 12.3. The van der Waals surface area contributed by atoms with E-state index in [1.165, 1.54) is 5.56 Å². The smallest absolute Gasteiger partial charge is 0.267 e. The average molecular weight is 451 g/mol. The van der Waals surface area contributed by atoms with Gasteiger partial charge in [-0.25, -0.2) is 4.98 Å². The largest absolute Gasteiger partial charge is 0.494 e. The molecule has 0 N–H and O–H groups in total. The number of hydrogen-bond donors (Lipinski definition) is 0. The van der Waals surface area contributed by atoms with Crippen LogP contribution < -0.4 is 14.4 Å². The summed E-state index contributed by atoms with van der Waals surface area (Å²) in [5.74, 6) is 1.57. The maximum absolute atomic E-state index is 12.9. The molecule has 1 aliphatic heterocycles. The van der Waals surface area contributed by atoms with Crippen LogP contribution in [-0.4, -0.2) is 30.1 Å². The second-order valence-electron chi connectivity index (χ2n) is 8.01. The minimum Gasteiger partial charge on any atom is -0.494 e. The molecule has 0 aliphatic carbocycles. The van der Waals surface area contributed by atoms with Gasteiger partial charge in [-0.1, -0.05) is 26.0 Å². The number of thiazole rings is 1. The molecule has 0 bridgehead atoms. The van der Waals surface area contributed by atoms with Crippen molar-refractivity contribution < 1.29 is 14.3 Å². The van der Waals surface area contributed by atoms with Crippen molar-refractivity contribution in [1.82, 2.24) is 4.98 Å². The van der Waals surface area contributed by atoms with Crippen LogP contribution in [0.15, 0.2) is 47.8 Å². The summed E-state index contributed by atoms with van der Waals surface area (Å²) in [5.41, 5.74) is 4.05. The van der Waals surface area contributed by atoms with Crippen LogP contribution in [0.5, 0.6) is 11.5 Å². The zero-order valence-corrected chi connectivity index (χ0v) is 19.8. The molecular formula is C26H30N2O3S.